The lowest BCUT2D eigenvalue weighted by Gasteiger charge is -2.34. The first-order chi connectivity index (χ1) is 18.9. The van der Waals surface area contributed by atoms with Crippen molar-refractivity contribution in [2.24, 2.45) is 0 Å². The fraction of sp³-hybridized carbons (Fsp3) is 0.233. The van der Waals surface area contributed by atoms with Crippen LogP contribution in [-0.4, -0.2) is 65.0 Å². The third-order valence-electron chi connectivity index (χ3n) is 6.78. The summed E-state index contributed by atoms with van der Waals surface area (Å²) in [7, 11) is 1.66. The summed E-state index contributed by atoms with van der Waals surface area (Å²) in [6.45, 7) is 3.95. The van der Waals surface area contributed by atoms with Gasteiger partial charge in [0, 0.05) is 43.3 Å². The van der Waals surface area contributed by atoms with Crippen LogP contribution in [0.25, 0.3) is 6.08 Å². The number of piperazine rings is 1. The second-order valence-corrected chi connectivity index (χ2v) is 10.9. The molecule has 2 heterocycles. The van der Waals surface area contributed by atoms with Crippen LogP contribution >= 0.6 is 23.4 Å². The number of halogens is 1. The van der Waals surface area contributed by atoms with E-state index in [0.717, 1.165) is 48.3 Å². The van der Waals surface area contributed by atoms with Gasteiger partial charge in [-0.25, -0.2) is 0 Å². The minimum Gasteiger partial charge on any atom is -0.497 e. The molecule has 2 saturated heterocycles. The molecule has 0 bridgehead atoms. The van der Waals surface area contributed by atoms with Crippen LogP contribution in [0.5, 0.6) is 5.75 Å². The lowest BCUT2D eigenvalue weighted by molar-refractivity contribution is -0.123. The van der Waals surface area contributed by atoms with Crippen molar-refractivity contribution in [1.82, 2.24) is 14.7 Å². The van der Waals surface area contributed by atoms with Gasteiger partial charge in [-0.05, 0) is 70.9 Å². The normalized spacial score (nSPS) is 17.2. The van der Waals surface area contributed by atoms with Gasteiger partial charge in [0.15, 0.2) is 0 Å². The highest BCUT2D eigenvalue weighted by molar-refractivity contribution is 8.18. The molecule has 0 atom stereocenters. The Morgan fingerprint density at radius 2 is 1.64 bits per heavy atom. The lowest BCUT2D eigenvalue weighted by atomic mass is 10.1. The Balaban J connectivity index is 1.16. The third kappa shape index (κ3) is 6.53. The summed E-state index contributed by atoms with van der Waals surface area (Å²) in [5.41, 5.74) is 3.36. The zero-order valence-electron chi connectivity index (χ0n) is 21.5. The van der Waals surface area contributed by atoms with Crippen molar-refractivity contribution in [2.45, 2.75) is 13.1 Å². The van der Waals surface area contributed by atoms with Gasteiger partial charge in [0.2, 0.25) is 0 Å². The first-order valence-corrected chi connectivity index (χ1v) is 13.8. The van der Waals surface area contributed by atoms with E-state index in [2.05, 4.69) is 17.0 Å². The van der Waals surface area contributed by atoms with Crippen LogP contribution in [-0.2, 0) is 17.9 Å². The maximum atomic E-state index is 13.1. The summed E-state index contributed by atoms with van der Waals surface area (Å²) in [5.74, 6) is 0.499. The molecular formula is C30H28ClN3O4S. The maximum absolute atomic E-state index is 13.1. The predicted molar refractivity (Wildman–Crippen MR) is 154 cm³/mol. The number of ether oxygens (including phenoxy) is 1. The van der Waals surface area contributed by atoms with E-state index in [1.807, 2.05) is 23.1 Å². The minimum absolute atomic E-state index is 0.00695. The molecule has 0 aromatic heterocycles. The smallest absolute Gasteiger partial charge is 0.293 e. The van der Waals surface area contributed by atoms with Crippen molar-refractivity contribution in [2.75, 3.05) is 33.3 Å². The molecule has 2 aliphatic rings. The van der Waals surface area contributed by atoms with E-state index < -0.39 is 0 Å². The van der Waals surface area contributed by atoms with Gasteiger partial charge in [0.1, 0.15) is 5.75 Å². The van der Waals surface area contributed by atoms with Crippen molar-refractivity contribution >= 4 is 46.5 Å². The highest BCUT2D eigenvalue weighted by atomic mass is 35.5. The SMILES string of the molecule is COc1ccc(CN2CCN(C(=O)c3ccc(C=C4SC(=O)N(Cc5cccc(Cl)c5)C4=O)cc3)CC2)cc1. The standard InChI is InChI=1S/C30H28ClN3O4S/c1-38-26-11-7-22(8-12-26)19-32-13-15-33(16-14-32)28(35)24-9-5-21(6-10-24)18-27-29(36)34(30(37)39-27)20-23-3-2-4-25(31)17-23/h2-12,17-18H,13-16,19-20H2,1H3. The van der Waals surface area contributed by atoms with Gasteiger partial charge >= 0.3 is 0 Å². The van der Waals surface area contributed by atoms with E-state index in [4.69, 9.17) is 16.3 Å². The van der Waals surface area contributed by atoms with E-state index in [9.17, 15) is 14.4 Å². The minimum atomic E-state index is -0.336. The summed E-state index contributed by atoms with van der Waals surface area (Å²) in [6, 6.07) is 22.3. The van der Waals surface area contributed by atoms with E-state index in [0.29, 0.717) is 28.6 Å². The Labute approximate surface area is 237 Å². The Morgan fingerprint density at radius 3 is 2.31 bits per heavy atom. The fourth-order valence-corrected chi connectivity index (χ4v) is 5.66. The largest absolute Gasteiger partial charge is 0.497 e. The number of hydrogen-bond donors (Lipinski definition) is 0. The van der Waals surface area contributed by atoms with Gasteiger partial charge in [-0.15, -0.1) is 0 Å². The van der Waals surface area contributed by atoms with Crippen molar-refractivity contribution in [3.05, 3.63) is 105 Å². The van der Waals surface area contributed by atoms with Gasteiger partial charge in [-0.1, -0.05) is 48.0 Å². The number of carbonyl (C=O) groups excluding carboxylic acids is 3. The number of hydrogen-bond acceptors (Lipinski definition) is 6. The second kappa shape index (κ2) is 12.1. The van der Waals surface area contributed by atoms with Gasteiger partial charge in [0.25, 0.3) is 17.1 Å². The number of amides is 3. The molecule has 0 radical (unpaired) electrons. The zero-order valence-corrected chi connectivity index (χ0v) is 23.1. The van der Waals surface area contributed by atoms with Crippen LogP contribution in [0.3, 0.4) is 0 Å². The molecule has 0 N–H and O–H groups in total. The molecule has 0 saturated carbocycles. The Bertz CT molecular complexity index is 1400. The maximum Gasteiger partial charge on any atom is 0.293 e. The summed E-state index contributed by atoms with van der Waals surface area (Å²) >= 11 is 6.95. The molecule has 5 rings (SSSR count). The molecule has 39 heavy (non-hydrogen) atoms. The molecule has 0 aliphatic carbocycles. The van der Waals surface area contributed by atoms with Gasteiger partial charge in [-0.2, -0.15) is 0 Å². The molecule has 3 aromatic rings. The topological polar surface area (TPSA) is 70.2 Å². The average Bonchev–Trinajstić information content (AvgIpc) is 3.21. The van der Waals surface area contributed by atoms with Crippen LogP contribution in [0.1, 0.15) is 27.0 Å². The zero-order chi connectivity index (χ0) is 27.4. The number of carbonyl (C=O) groups is 3. The number of benzene rings is 3. The molecule has 3 aromatic carbocycles. The lowest BCUT2D eigenvalue weighted by Crippen LogP contribution is -2.48. The van der Waals surface area contributed by atoms with Crippen molar-refractivity contribution < 1.29 is 19.1 Å². The highest BCUT2D eigenvalue weighted by Gasteiger charge is 2.35. The summed E-state index contributed by atoms with van der Waals surface area (Å²) in [4.78, 5) is 44.2. The Hall–Kier alpha value is -3.59. The molecule has 0 unspecified atom stereocenters. The number of imide groups is 1. The van der Waals surface area contributed by atoms with E-state index in [1.54, 1.807) is 55.7 Å². The Kier molecular flexibility index (Phi) is 8.35. The summed E-state index contributed by atoms with van der Waals surface area (Å²) < 4.78 is 5.22. The Morgan fingerprint density at radius 1 is 0.923 bits per heavy atom. The van der Waals surface area contributed by atoms with Crippen LogP contribution in [0, 0.1) is 0 Å². The molecular weight excluding hydrogens is 534 g/mol. The first-order valence-electron chi connectivity index (χ1n) is 12.6. The quantitative estimate of drug-likeness (QED) is 0.353. The van der Waals surface area contributed by atoms with Crippen molar-refractivity contribution in [3.8, 4) is 5.75 Å². The van der Waals surface area contributed by atoms with Crippen LogP contribution in [0.15, 0.2) is 77.7 Å². The summed E-state index contributed by atoms with van der Waals surface area (Å²) in [5, 5.41) is 0.240. The molecule has 9 heteroatoms. The number of nitrogens with zero attached hydrogens (tertiary/aromatic N) is 3. The van der Waals surface area contributed by atoms with Crippen LogP contribution in [0.4, 0.5) is 4.79 Å². The number of rotatable bonds is 7. The average molecular weight is 562 g/mol. The number of methoxy groups -OCH3 is 1. The fourth-order valence-electron chi connectivity index (χ4n) is 4.61. The molecule has 0 spiro atoms. The van der Waals surface area contributed by atoms with Gasteiger partial charge in [0.05, 0.1) is 18.6 Å². The van der Waals surface area contributed by atoms with E-state index in [1.165, 1.54) is 10.5 Å². The number of thioether (sulfide) groups is 1. The molecule has 3 amide bonds. The van der Waals surface area contributed by atoms with Gasteiger partial charge < -0.3 is 9.64 Å². The molecule has 2 fully saturated rings. The monoisotopic (exact) mass is 561 g/mol. The van der Waals surface area contributed by atoms with Crippen molar-refractivity contribution in [1.29, 1.82) is 0 Å². The molecule has 2 aliphatic heterocycles. The third-order valence-corrected chi connectivity index (χ3v) is 7.93. The highest BCUT2D eigenvalue weighted by Crippen LogP contribution is 2.33. The second-order valence-electron chi connectivity index (χ2n) is 9.44. The summed E-state index contributed by atoms with van der Waals surface area (Å²) in [6.07, 6.45) is 1.69. The van der Waals surface area contributed by atoms with Crippen LogP contribution in [0.2, 0.25) is 5.02 Å². The molecule has 7 nitrogen and oxygen atoms in total. The molecule has 200 valence electrons. The van der Waals surface area contributed by atoms with Gasteiger partial charge in [-0.3, -0.25) is 24.2 Å². The van der Waals surface area contributed by atoms with E-state index >= 15 is 0 Å². The van der Waals surface area contributed by atoms with Crippen molar-refractivity contribution in [3.63, 3.8) is 0 Å². The predicted octanol–water partition coefficient (Wildman–Crippen LogP) is 5.54. The van der Waals surface area contributed by atoms with E-state index in [-0.39, 0.29) is 23.6 Å². The first kappa shape index (κ1) is 27.0. The van der Waals surface area contributed by atoms with Crippen LogP contribution < -0.4 is 4.74 Å².